The maximum Gasteiger partial charge on any atom is 0.339 e. The fourth-order valence-electron chi connectivity index (χ4n) is 2.41. The van der Waals surface area contributed by atoms with Crippen LogP contribution in [0.2, 0.25) is 0 Å². The number of para-hydroxylation sites is 1. The molecule has 0 bridgehead atoms. The molecule has 0 N–H and O–H groups in total. The fourth-order valence-corrected chi connectivity index (χ4v) is 2.41. The van der Waals surface area contributed by atoms with Crippen LogP contribution in [0.15, 0.2) is 24.3 Å². The van der Waals surface area contributed by atoms with Crippen LogP contribution in [-0.2, 0) is 4.74 Å². The molecular weight excluding hydrogens is 240 g/mol. The van der Waals surface area contributed by atoms with Crippen molar-refractivity contribution in [2.75, 3.05) is 25.6 Å². The Morgan fingerprint density at radius 3 is 2.74 bits per heavy atom. The van der Waals surface area contributed by atoms with Gasteiger partial charge in [-0.1, -0.05) is 12.1 Å². The van der Waals surface area contributed by atoms with Gasteiger partial charge in [-0.05, 0) is 25.0 Å². The van der Waals surface area contributed by atoms with E-state index in [0.29, 0.717) is 12.0 Å². The summed E-state index contributed by atoms with van der Waals surface area (Å²) in [5.74, 6) is -0.326. The third-order valence-electron chi connectivity index (χ3n) is 3.70. The van der Waals surface area contributed by atoms with Gasteiger partial charge in [-0.25, -0.2) is 4.79 Å². The molecule has 1 saturated carbocycles. The summed E-state index contributed by atoms with van der Waals surface area (Å²) in [6.45, 7) is 0.800. The Labute approximate surface area is 113 Å². The average Bonchev–Trinajstić information content (AvgIpc) is 3.17. The van der Waals surface area contributed by atoms with Crippen molar-refractivity contribution in [1.29, 1.82) is 5.26 Å². The number of methoxy groups -OCH3 is 1. The molecule has 19 heavy (non-hydrogen) atoms. The Morgan fingerprint density at radius 2 is 2.16 bits per heavy atom. The number of hydrogen-bond donors (Lipinski definition) is 0. The van der Waals surface area contributed by atoms with E-state index < -0.39 is 0 Å². The van der Waals surface area contributed by atoms with Crippen LogP contribution in [0, 0.1) is 16.7 Å². The lowest BCUT2D eigenvalue weighted by Crippen LogP contribution is -2.28. The molecule has 1 aliphatic carbocycles. The molecule has 1 aliphatic rings. The summed E-state index contributed by atoms with van der Waals surface area (Å²) < 4.78 is 4.80. The molecular formula is C15H18N2O2. The summed E-state index contributed by atoms with van der Waals surface area (Å²) in [4.78, 5) is 13.8. The molecule has 2 rings (SSSR count). The zero-order valence-electron chi connectivity index (χ0n) is 11.3. The normalized spacial score (nSPS) is 15.4. The third kappa shape index (κ3) is 2.87. The Morgan fingerprint density at radius 1 is 1.47 bits per heavy atom. The van der Waals surface area contributed by atoms with Crippen LogP contribution < -0.4 is 4.90 Å². The van der Waals surface area contributed by atoms with Gasteiger partial charge in [0.15, 0.2) is 0 Å². The van der Waals surface area contributed by atoms with Gasteiger partial charge >= 0.3 is 5.97 Å². The van der Waals surface area contributed by atoms with E-state index in [2.05, 4.69) is 11.0 Å². The van der Waals surface area contributed by atoms with Crippen LogP contribution >= 0.6 is 0 Å². The Hall–Kier alpha value is -2.02. The van der Waals surface area contributed by atoms with Crippen molar-refractivity contribution in [3.8, 4) is 6.07 Å². The summed E-state index contributed by atoms with van der Waals surface area (Å²) >= 11 is 0. The second kappa shape index (κ2) is 5.31. The van der Waals surface area contributed by atoms with Crippen molar-refractivity contribution in [2.24, 2.45) is 5.41 Å². The number of carbonyl (C=O) groups excluding carboxylic acids is 1. The smallest absolute Gasteiger partial charge is 0.339 e. The van der Waals surface area contributed by atoms with E-state index in [-0.39, 0.29) is 11.4 Å². The van der Waals surface area contributed by atoms with Crippen molar-refractivity contribution in [3.63, 3.8) is 0 Å². The Bertz CT molecular complexity index is 515. The number of esters is 1. The molecule has 0 amide bonds. The zero-order chi connectivity index (χ0) is 13.9. The van der Waals surface area contributed by atoms with E-state index in [0.717, 1.165) is 25.1 Å². The largest absolute Gasteiger partial charge is 0.465 e. The molecule has 0 aromatic heterocycles. The highest BCUT2D eigenvalue weighted by molar-refractivity contribution is 5.95. The van der Waals surface area contributed by atoms with Gasteiger partial charge in [0.25, 0.3) is 0 Å². The highest BCUT2D eigenvalue weighted by atomic mass is 16.5. The maximum absolute atomic E-state index is 11.7. The summed E-state index contributed by atoms with van der Waals surface area (Å²) in [5, 5.41) is 8.86. The molecule has 1 aromatic rings. The molecule has 0 aliphatic heterocycles. The van der Waals surface area contributed by atoms with Crippen molar-refractivity contribution in [3.05, 3.63) is 29.8 Å². The Balaban J connectivity index is 2.18. The summed E-state index contributed by atoms with van der Waals surface area (Å²) in [5.41, 5.74) is 1.55. The topological polar surface area (TPSA) is 53.3 Å². The van der Waals surface area contributed by atoms with Gasteiger partial charge in [0.05, 0.1) is 24.4 Å². The molecule has 0 radical (unpaired) electrons. The molecule has 1 fully saturated rings. The number of nitrogens with zero attached hydrogens (tertiary/aromatic N) is 2. The lowest BCUT2D eigenvalue weighted by atomic mass is 10.0. The van der Waals surface area contributed by atoms with E-state index in [4.69, 9.17) is 10.00 Å². The quantitative estimate of drug-likeness (QED) is 0.762. The van der Waals surface area contributed by atoms with Gasteiger partial charge in [0, 0.05) is 25.4 Å². The Kier molecular flexibility index (Phi) is 3.75. The van der Waals surface area contributed by atoms with E-state index in [9.17, 15) is 4.79 Å². The number of nitriles is 1. The van der Waals surface area contributed by atoms with Crippen LogP contribution in [0.25, 0.3) is 0 Å². The maximum atomic E-state index is 11.7. The highest BCUT2D eigenvalue weighted by Gasteiger charge is 2.43. The summed E-state index contributed by atoms with van der Waals surface area (Å²) in [6, 6.07) is 9.66. The van der Waals surface area contributed by atoms with Crippen LogP contribution in [0.3, 0.4) is 0 Å². The number of anilines is 1. The standard InChI is InChI=1S/C15H18N2O2/c1-17(11-15(7-8-15)9-10-16)13-6-4-3-5-12(13)14(18)19-2/h3-6H,7-9,11H2,1-2H3. The number of hydrogen-bond acceptors (Lipinski definition) is 4. The molecule has 4 heteroatoms. The van der Waals surface area contributed by atoms with Gasteiger partial charge in [-0.3, -0.25) is 0 Å². The minimum atomic E-state index is -0.326. The lowest BCUT2D eigenvalue weighted by molar-refractivity contribution is 0.0601. The SMILES string of the molecule is COC(=O)c1ccccc1N(C)CC1(CC#N)CC1. The molecule has 0 saturated heterocycles. The first kappa shape index (κ1) is 13.4. The first-order valence-electron chi connectivity index (χ1n) is 6.37. The fraction of sp³-hybridized carbons (Fsp3) is 0.467. The van der Waals surface area contributed by atoms with Gasteiger partial charge in [0.1, 0.15) is 0 Å². The molecule has 0 heterocycles. The second-order valence-corrected chi connectivity index (χ2v) is 5.20. The van der Waals surface area contributed by atoms with Gasteiger partial charge in [0.2, 0.25) is 0 Å². The molecule has 0 unspecified atom stereocenters. The molecule has 1 aromatic carbocycles. The molecule has 100 valence electrons. The number of rotatable bonds is 5. The molecule has 0 atom stereocenters. The van der Waals surface area contributed by atoms with Gasteiger partial charge in [-0.2, -0.15) is 5.26 Å². The molecule has 0 spiro atoms. The van der Waals surface area contributed by atoms with Crippen LogP contribution in [0.1, 0.15) is 29.6 Å². The minimum absolute atomic E-state index is 0.118. The number of carbonyl (C=O) groups is 1. The second-order valence-electron chi connectivity index (χ2n) is 5.20. The van der Waals surface area contributed by atoms with E-state index in [1.165, 1.54) is 7.11 Å². The van der Waals surface area contributed by atoms with E-state index in [1.807, 2.05) is 25.2 Å². The first-order valence-corrected chi connectivity index (χ1v) is 6.37. The zero-order valence-corrected chi connectivity index (χ0v) is 11.3. The summed E-state index contributed by atoms with van der Waals surface area (Å²) in [6.07, 6.45) is 2.76. The number of ether oxygens (including phenoxy) is 1. The predicted octanol–water partition coefficient (Wildman–Crippen LogP) is 2.60. The summed E-state index contributed by atoms with van der Waals surface area (Å²) in [7, 11) is 3.34. The molecule has 4 nitrogen and oxygen atoms in total. The van der Waals surface area contributed by atoms with Gasteiger partial charge in [-0.15, -0.1) is 0 Å². The van der Waals surface area contributed by atoms with Crippen LogP contribution in [0.4, 0.5) is 5.69 Å². The van der Waals surface area contributed by atoms with Crippen molar-refractivity contribution < 1.29 is 9.53 Å². The highest BCUT2D eigenvalue weighted by Crippen LogP contribution is 2.49. The van der Waals surface area contributed by atoms with Crippen molar-refractivity contribution in [1.82, 2.24) is 0 Å². The number of benzene rings is 1. The lowest BCUT2D eigenvalue weighted by Gasteiger charge is -2.25. The average molecular weight is 258 g/mol. The third-order valence-corrected chi connectivity index (χ3v) is 3.70. The van der Waals surface area contributed by atoms with Crippen LogP contribution in [-0.4, -0.2) is 26.7 Å². The van der Waals surface area contributed by atoms with Crippen LogP contribution in [0.5, 0.6) is 0 Å². The van der Waals surface area contributed by atoms with Gasteiger partial charge < -0.3 is 9.64 Å². The van der Waals surface area contributed by atoms with Crippen molar-refractivity contribution >= 4 is 11.7 Å². The predicted molar refractivity (Wildman–Crippen MR) is 72.9 cm³/mol. The van der Waals surface area contributed by atoms with E-state index >= 15 is 0 Å². The monoisotopic (exact) mass is 258 g/mol. The minimum Gasteiger partial charge on any atom is -0.465 e. The van der Waals surface area contributed by atoms with Crippen molar-refractivity contribution in [2.45, 2.75) is 19.3 Å². The first-order chi connectivity index (χ1) is 9.12. The van der Waals surface area contributed by atoms with E-state index in [1.54, 1.807) is 6.07 Å².